The number of benzene rings is 3. The Morgan fingerprint density at radius 1 is 0.833 bits per heavy atom. The summed E-state index contributed by atoms with van der Waals surface area (Å²) in [4.78, 5) is 73.0. The van der Waals surface area contributed by atoms with Crippen molar-refractivity contribution in [1.82, 2.24) is 40.4 Å². The Hall–Kier alpha value is -5.92. The number of aromatic nitrogens is 4. The van der Waals surface area contributed by atoms with Gasteiger partial charge in [0.05, 0.1) is 49.2 Å². The van der Waals surface area contributed by atoms with Crippen molar-refractivity contribution in [2.45, 2.75) is 91.0 Å². The normalized spacial score (nSPS) is 23.2. The van der Waals surface area contributed by atoms with Gasteiger partial charge in [-0.1, -0.05) is 90.4 Å². The molecule has 1 saturated carbocycles. The van der Waals surface area contributed by atoms with Crippen LogP contribution in [-0.4, -0.2) is 92.6 Å². The Bertz CT molecular complexity index is 2420. The minimum absolute atomic E-state index is 0.105. The molecule has 3 aliphatic rings. The lowest BCUT2D eigenvalue weighted by molar-refractivity contribution is -0.137. The summed E-state index contributed by atoms with van der Waals surface area (Å²) in [7, 11) is 2.61. The van der Waals surface area contributed by atoms with Gasteiger partial charge in [0.2, 0.25) is 11.8 Å². The van der Waals surface area contributed by atoms with Gasteiger partial charge in [0.25, 0.3) is 0 Å². The monoisotopic (exact) mass is 816 g/mol. The maximum atomic E-state index is 14.0. The van der Waals surface area contributed by atoms with Gasteiger partial charge in [-0.15, -0.1) is 0 Å². The van der Waals surface area contributed by atoms with Crippen LogP contribution in [0.2, 0.25) is 0 Å². The molecule has 2 aliphatic heterocycles. The van der Waals surface area contributed by atoms with Gasteiger partial charge in [-0.2, -0.15) is 0 Å². The Balaban J connectivity index is 1.01. The molecule has 4 unspecified atom stereocenters. The van der Waals surface area contributed by atoms with Crippen molar-refractivity contribution < 1.29 is 28.7 Å². The number of nitrogens with one attached hydrogen (secondary N) is 4. The van der Waals surface area contributed by atoms with E-state index in [9.17, 15) is 19.2 Å². The van der Waals surface area contributed by atoms with E-state index < -0.39 is 24.3 Å². The topological polar surface area (TPSA) is 175 Å². The van der Waals surface area contributed by atoms with Crippen LogP contribution in [0.4, 0.5) is 9.59 Å². The number of H-pyrrole nitrogens is 2. The molecule has 2 aromatic heterocycles. The van der Waals surface area contributed by atoms with Gasteiger partial charge in [-0.3, -0.25) is 9.59 Å². The van der Waals surface area contributed by atoms with Crippen LogP contribution in [0, 0.1) is 29.6 Å². The number of ether oxygens (including phenoxy) is 2. The number of methoxy groups -OCH3 is 2. The largest absolute Gasteiger partial charge is 0.453 e. The van der Waals surface area contributed by atoms with Crippen LogP contribution < -0.4 is 10.6 Å². The number of rotatable bonds is 11. The molecular weight excluding hydrogens is 761 g/mol. The standard InChI is InChI=1S/C46H56N8O6/c1-9-26-18-19-53(43(55)36(23(2)3)51-45(57)59-7)40(26)42-48-33-17-15-30-20-29(14-16-31(30)38(33)50-42)27-10-12-28(13-11-27)34-22-47-41(49-34)35-21-32-25(6)39(32)54(35)44(56)37(24(4)5)52-46(58)60-8/h10-17,20,22-26,32,35-37,39-40H,9,18-19,21H2,1-8H3,(H,47,49)(H,48,50)(H,51,57)(H,52,58)/t25?,26-,32?,35+,36+,37?,39?,40+/m1/s1. The molecular formula is C46H56N8O6. The zero-order valence-corrected chi connectivity index (χ0v) is 35.6. The molecule has 5 aromatic rings. The first kappa shape index (κ1) is 40.8. The molecule has 0 radical (unpaired) electrons. The number of aromatic amines is 2. The number of alkyl carbamates (subject to hydrolysis) is 2. The summed E-state index contributed by atoms with van der Waals surface area (Å²) < 4.78 is 9.65. The predicted molar refractivity (Wildman–Crippen MR) is 228 cm³/mol. The average Bonchev–Trinajstić information content (AvgIpc) is 3.88. The van der Waals surface area contributed by atoms with E-state index in [0.717, 1.165) is 75.1 Å². The Morgan fingerprint density at radius 3 is 2.13 bits per heavy atom. The first-order valence-corrected chi connectivity index (χ1v) is 21.2. The summed E-state index contributed by atoms with van der Waals surface area (Å²) in [5, 5.41) is 7.57. The average molecular weight is 817 g/mol. The van der Waals surface area contributed by atoms with E-state index in [1.807, 2.05) is 43.7 Å². The Labute approximate surface area is 350 Å². The highest BCUT2D eigenvalue weighted by atomic mass is 16.5. The zero-order valence-electron chi connectivity index (χ0n) is 35.6. The number of likely N-dealkylation sites (tertiary alicyclic amines) is 2. The minimum Gasteiger partial charge on any atom is -0.453 e. The van der Waals surface area contributed by atoms with Gasteiger partial charge < -0.3 is 39.9 Å². The van der Waals surface area contributed by atoms with E-state index in [4.69, 9.17) is 19.4 Å². The summed E-state index contributed by atoms with van der Waals surface area (Å²) in [6.07, 6.45) is 3.17. The van der Waals surface area contributed by atoms with Crippen LogP contribution in [-0.2, 0) is 19.1 Å². The number of piperidine rings is 1. The third-order valence-electron chi connectivity index (χ3n) is 13.2. The minimum atomic E-state index is -0.707. The summed E-state index contributed by atoms with van der Waals surface area (Å²) in [6.45, 7) is 12.6. The molecule has 4 N–H and O–H groups in total. The number of amides is 4. The summed E-state index contributed by atoms with van der Waals surface area (Å²) >= 11 is 0. The van der Waals surface area contributed by atoms with Crippen molar-refractivity contribution in [3.05, 3.63) is 72.4 Å². The molecule has 4 heterocycles. The quantitative estimate of drug-likeness (QED) is 0.105. The second-order valence-corrected chi connectivity index (χ2v) is 17.4. The fourth-order valence-electron chi connectivity index (χ4n) is 9.73. The number of imidazole rings is 2. The number of carbonyl (C=O) groups is 4. The maximum Gasteiger partial charge on any atom is 0.407 e. The van der Waals surface area contributed by atoms with Crippen LogP contribution >= 0.6 is 0 Å². The van der Waals surface area contributed by atoms with Crippen LogP contribution in [0.5, 0.6) is 0 Å². The van der Waals surface area contributed by atoms with E-state index in [-0.39, 0.29) is 47.7 Å². The predicted octanol–water partition coefficient (Wildman–Crippen LogP) is 7.74. The second kappa shape index (κ2) is 16.3. The van der Waals surface area contributed by atoms with Crippen molar-refractivity contribution >= 4 is 45.8 Å². The lowest BCUT2D eigenvalue weighted by Crippen LogP contribution is -2.52. The summed E-state index contributed by atoms with van der Waals surface area (Å²) in [5.74, 6) is 2.09. The lowest BCUT2D eigenvalue weighted by atomic mass is 9.96. The van der Waals surface area contributed by atoms with Gasteiger partial charge >= 0.3 is 12.2 Å². The van der Waals surface area contributed by atoms with Crippen LogP contribution in [0.25, 0.3) is 44.2 Å². The number of hydrogen-bond acceptors (Lipinski definition) is 8. The molecule has 1 aliphatic carbocycles. The maximum absolute atomic E-state index is 14.0. The molecule has 60 heavy (non-hydrogen) atoms. The zero-order chi connectivity index (χ0) is 42.6. The van der Waals surface area contributed by atoms with E-state index >= 15 is 0 Å². The fraction of sp³-hybridized carbons (Fsp3) is 0.478. The molecule has 2 saturated heterocycles. The number of hydrogen-bond donors (Lipinski definition) is 4. The summed E-state index contributed by atoms with van der Waals surface area (Å²) in [6, 6.07) is 17.2. The second-order valence-electron chi connectivity index (χ2n) is 17.4. The first-order chi connectivity index (χ1) is 28.8. The molecule has 3 aromatic carbocycles. The third kappa shape index (κ3) is 7.34. The van der Waals surface area contributed by atoms with E-state index in [0.29, 0.717) is 18.4 Å². The van der Waals surface area contributed by atoms with Gasteiger partial charge in [0.15, 0.2) is 0 Å². The molecule has 8 atom stereocenters. The van der Waals surface area contributed by atoms with E-state index in [2.05, 4.69) is 89.0 Å². The number of fused-ring (bicyclic) bond motifs is 4. The first-order valence-electron chi connectivity index (χ1n) is 21.2. The number of carbonyl (C=O) groups excluding carboxylic acids is 4. The molecule has 14 nitrogen and oxygen atoms in total. The smallest absolute Gasteiger partial charge is 0.407 e. The van der Waals surface area contributed by atoms with Crippen LogP contribution in [0.15, 0.2) is 60.8 Å². The molecule has 8 rings (SSSR count). The van der Waals surface area contributed by atoms with Gasteiger partial charge in [-0.05, 0) is 76.6 Å². The molecule has 0 bridgehead atoms. The highest BCUT2D eigenvalue weighted by Gasteiger charge is 2.61. The molecule has 3 fully saturated rings. The van der Waals surface area contributed by atoms with Crippen molar-refractivity contribution in [2.75, 3.05) is 20.8 Å². The Kier molecular flexibility index (Phi) is 11.1. The summed E-state index contributed by atoms with van der Waals surface area (Å²) in [5.41, 5.74) is 5.75. The molecule has 316 valence electrons. The Morgan fingerprint density at radius 2 is 1.48 bits per heavy atom. The van der Waals surface area contributed by atoms with Crippen molar-refractivity contribution in [3.8, 4) is 22.4 Å². The van der Waals surface area contributed by atoms with Crippen molar-refractivity contribution in [3.63, 3.8) is 0 Å². The molecule has 14 heteroatoms. The van der Waals surface area contributed by atoms with Gasteiger partial charge in [0.1, 0.15) is 23.7 Å². The van der Waals surface area contributed by atoms with Gasteiger partial charge in [-0.25, -0.2) is 19.6 Å². The van der Waals surface area contributed by atoms with E-state index in [1.165, 1.54) is 14.2 Å². The molecule has 4 amide bonds. The van der Waals surface area contributed by atoms with Crippen LogP contribution in [0.3, 0.4) is 0 Å². The van der Waals surface area contributed by atoms with Crippen molar-refractivity contribution in [1.29, 1.82) is 0 Å². The SMILES string of the molecule is CC[C@@H]1CCN(C(=O)[C@@H](NC(=O)OC)C(C)C)[C@@H]1c1nc2c(ccc3cc(-c4ccc(-c5cnc([C@@H]6CC7C(C)C7N6C(=O)C(NC(=O)OC)C(C)C)[nH]5)cc4)ccc32)[nH]1. The van der Waals surface area contributed by atoms with E-state index in [1.54, 1.807) is 0 Å². The van der Waals surface area contributed by atoms with Crippen molar-refractivity contribution in [2.24, 2.45) is 29.6 Å². The van der Waals surface area contributed by atoms with Crippen LogP contribution in [0.1, 0.15) is 84.5 Å². The highest BCUT2D eigenvalue weighted by molar-refractivity contribution is 6.05. The third-order valence-corrected chi connectivity index (χ3v) is 13.2. The van der Waals surface area contributed by atoms with Gasteiger partial charge in [0, 0.05) is 18.0 Å². The fourth-order valence-corrected chi connectivity index (χ4v) is 9.73. The highest BCUT2D eigenvalue weighted by Crippen LogP contribution is 2.57. The lowest BCUT2D eigenvalue weighted by Gasteiger charge is -2.32. The number of nitrogens with zero attached hydrogens (tertiary/aromatic N) is 4. The molecule has 0 spiro atoms.